The average molecular weight is 312 g/mol. The third-order valence-corrected chi connectivity index (χ3v) is 30.4. The standard InChI is InChI=1S/C8H18Cl4Si2/c1-7(2,3)13(9,8(4,5)6)14(10,11)12/h1-6H3. The van der Waals surface area contributed by atoms with Crippen molar-refractivity contribution in [1.82, 2.24) is 0 Å². The van der Waals surface area contributed by atoms with Gasteiger partial charge in [-0.1, -0.05) is 41.5 Å². The highest BCUT2D eigenvalue weighted by molar-refractivity contribution is 7.96. The van der Waals surface area contributed by atoms with Crippen molar-refractivity contribution in [2.45, 2.75) is 51.6 Å². The molecule has 0 fully saturated rings. The summed E-state index contributed by atoms with van der Waals surface area (Å²) in [6.07, 6.45) is 0. The van der Waals surface area contributed by atoms with Gasteiger partial charge in [-0.25, -0.2) is 0 Å². The highest BCUT2D eigenvalue weighted by Crippen LogP contribution is 2.60. The molecule has 0 aliphatic rings. The minimum Gasteiger partial charge on any atom is -0.165 e. The predicted octanol–water partition coefficient (Wildman–Crippen LogP) is 5.50. The summed E-state index contributed by atoms with van der Waals surface area (Å²) in [5.74, 6) is 0. The summed E-state index contributed by atoms with van der Waals surface area (Å²) < 4.78 is 0. The molecule has 0 aliphatic carbocycles. The molecule has 0 saturated heterocycles. The number of halogens is 4. The van der Waals surface area contributed by atoms with Gasteiger partial charge in [-0.2, -0.15) is 11.1 Å². The van der Waals surface area contributed by atoms with Gasteiger partial charge in [0.05, 0.1) is 0 Å². The Morgan fingerprint density at radius 1 is 0.643 bits per heavy atom. The van der Waals surface area contributed by atoms with Crippen molar-refractivity contribution in [3.63, 3.8) is 0 Å². The first kappa shape index (κ1) is 15.6. The zero-order valence-corrected chi connectivity index (χ0v) is 14.5. The van der Waals surface area contributed by atoms with Crippen molar-refractivity contribution >= 4 is 56.7 Å². The average Bonchev–Trinajstić information content (AvgIpc) is 1.77. The first-order chi connectivity index (χ1) is 5.75. The van der Waals surface area contributed by atoms with Crippen molar-refractivity contribution < 1.29 is 0 Å². The molecule has 0 rings (SSSR count). The normalized spacial score (nSPS) is 15.9. The fraction of sp³-hybridized carbons (Fsp3) is 1.00. The van der Waals surface area contributed by atoms with Crippen molar-refractivity contribution in [1.29, 1.82) is 0 Å². The van der Waals surface area contributed by atoms with E-state index in [-0.39, 0.29) is 10.1 Å². The Labute approximate surface area is 108 Å². The molecular weight excluding hydrogens is 294 g/mol. The van der Waals surface area contributed by atoms with Crippen LogP contribution in [0.4, 0.5) is 0 Å². The Bertz CT molecular complexity index is 173. The predicted molar refractivity (Wildman–Crippen MR) is 74.4 cm³/mol. The van der Waals surface area contributed by atoms with Crippen LogP contribution in [-0.4, -0.2) is 12.4 Å². The summed E-state index contributed by atoms with van der Waals surface area (Å²) in [6, 6.07) is 0. The van der Waals surface area contributed by atoms with Gasteiger partial charge in [0.25, 0.3) is 0 Å². The van der Waals surface area contributed by atoms with Crippen LogP contribution < -0.4 is 0 Å². The maximum atomic E-state index is 6.77. The second-order valence-electron chi connectivity index (χ2n) is 5.66. The van der Waals surface area contributed by atoms with Crippen LogP contribution in [0.3, 0.4) is 0 Å². The molecule has 0 aromatic heterocycles. The smallest absolute Gasteiger partial charge is 0.165 e. The lowest BCUT2D eigenvalue weighted by molar-refractivity contribution is 0.651. The van der Waals surface area contributed by atoms with Gasteiger partial charge in [0.2, 0.25) is 6.90 Å². The van der Waals surface area contributed by atoms with E-state index >= 15 is 0 Å². The van der Waals surface area contributed by atoms with E-state index in [1.165, 1.54) is 0 Å². The summed E-state index contributed by atoms with van der Waals surface area (Å²) in [5.41, 5.74) is -2.86. The van der Waals surface area contributed by atoms with Crippen LogP contribution in [0.5, 0.6) is 0 Å². The summed E-state index contributed by atoms with van der Waals surface area (Å²) in [4.78, 5) is 0. The third-order valence-electron chi connectivity index (χ3n) is 2.46. The minimum atomic E-state index is -2.86. The van der Waals surface area contributed by atoms with Crippen LogP contribution in [0.2, 0.25) is 10.1 Å². The van der Waals surface area contributed by atoms with Gasteiger partial charge in [0.15, 0.2) is 0 Å². The first-order valence-corrected chi connectivity index (χ1v) is 13.6. The van der Waals surface area contributed by atoms with Gasteiger partial charge in [0, 0.05) is 0 Å². The van der Waals surface area contributed by atoms with Gasteiger partial charge in [-0.3, -0.25) is 0 Å². The Morgan fingerprint density at radius 2 is 0.857 bits per heavy atom. The van der Waals surface area contributed by atoms with Gasteiger partial charge in [0.1, 0.15) is 0 Å². The number of rotatable bonds is 1. The maximum absolute atomic E-state index is 6.77. The van der Waals surface area contributed by atoms with Crippen molar-refractivity contribution in [3.8, 4) is 0 Å². The molecule has 0 amide bonds. The topological polar surface area (TPSA) is 0 Å². The van der Waals surface area contributed by atoms with E-state index in [1.807, 2.05) is 0 Å². The van der Waals surface area contributed by atoms with E-state index in [4.69, 9.17) is 44.3 Å². The zero-order chi connectivity index (χ0) is 12.0. The van der Waals surface area contributed by atoms with Crippen molar-refractivity contribution in [3.05, 3.63) is 0 Å². The second-order valence-corrected chi connectivity index (χ2v) is 27.8. The molecule has 14 heavy (non-hydrogen) atoms. The molecule has 0 radical (unpaired) electrons. The Hall–Kier alpha value is 1.59. The Kier molecular flexibility index (Phi) is 4.59. The molecule has 0 aromatic rings. The van der Waals surface area contributed by atoms with Crippen LogP contribution in [-0.2, 0) is 0 Å². The van der Waals surface area contributed by atoms with E-state index in [0.717, 1.165) is 0 Å². The second kappa shape index (κ2) is 4.12. The van der Waals surface area contributed by atoms with Gasteiger partial charge >= 0.3 is 5.52 Å². The summed E-state index contributed by atoms with van der Waals surface area (Å²) in [6.45, 7) is 10.0. The fourth-order valence-corrected chi connectivity index (χ4v) is 26.3. The molecule has 0 unspecified atom stereocenters. The summed E-state index contributed by atoms with van der Waals surface area (Å²) in [7, 11) is 0. The molecule has 0 nitrogen and oxygen atoms in total. The summed E-state index contributed by atoms with van der Waals surface area (Å²) >= 11 is 25.4. The molecule has 0 saturated carbocycles. The highest BCUT2D eigenvalue weighted by atomic mass is 35.9. The maximum Gasteiger partial charge on any atom is 0.342 e. The van der Waals surface area contributed by atoms with Crippen LogP contribution in [0.1, 0.15) is 41.5 Å². The largest absolute Gasteiger partial charge is 0.342 e. The SMILES string of the molecule is CC(C)(C)[Si](Cl)(C(C)(C)C)[Si](Cl)(Cl)Cl. The van der Waals surface area contributed by atoms with E-state index in [2.05, 4.69) is 41.5 Å². The van der Waals surface area contributed by atoms with Gasteiger partial charge in [-0.05, 0) is 10.1 Å². The quantitative estimate of drug-likeness (QED) is 0.443. The van der Waals surface area contributed by atoms with Crippen LogP contribution >= 0.6 is 44.3 Å². The highest BCUT2D eigenvalue weighted by Gasteiger charge is 2.66. The van der Waals surface area contributed by atoms with E-state index in [0.29, 0.717) is 0 Å². The van der Waals surface area contributed by atoms with Crippen LogP contribution in [0.25, 0.3) is 0 Å². The van der Waals surface area contributed by atoms with E-state index in [9.17, 15) is 0 Å². The van der Waals surface area contributed by atoms with Gasteiger partial charge < -0.3 is 0 Å². The molecule has 0 heterocycles. The lowest BCUT2D eigenvalue weighted by atomic mass is 10.2. The molecule has 0 aromatic carbocycles. The first-order valence-electron chi connectivity index (χ1n) is 4.51. The van der Waals surface area contributed by atoms with Crippen LogP contribution in [0.15, 0.2) is 0 Å². The van der Waals surface area contributed by atoms with Crippen molar-refractivity contribution in [2.75, 3.05) is 0 Å². The number of hydrogen-bond donors (Lipinski definition) is 0. The molecule has 0 N–H and O–H groups in total. The third kappa shape index (κ3) is 2.64. The summed E-state index contributed by atoms with van der Waals surface area (Å²) in [5, 5.41) is -0.214. The van der Waals surface area contributed by atoms with Crippen LogP contribution in [0, 0.1) is 0 Å². The molecule has 6 heteroatoms. The van der Waals surface area contributed by atoms with E-state index < -0.39 is 12.4 Å². The molecule has 0 spiro atoms. The lowest BCUT2D eigenvalue weighted by Crippen LogP contribution is -2.60. The molecular formula is C8H18Cl4Si2. The number of hydrogen-bond acceptors (Lipinski definition) is 0. The van der Waals surface area contributed by atoms with Gasteiger partial charge in [-0.15, -0.1) is 33.2 Å². The van der Waals surface area contributed by atoms with E-state index in [1.54, 1.807) is 0 Å². The molecule has 0 atom stereocenters. The molecule has 0 bridgehead atoms. The lowest BCUT2D eigenvalue weighted by Gasteiger charge is -2.49. The monoisotopic (exact) mass is 310 g/mol. The minimum absolute atomic E-state index is 0.107. The Balaban J connectivity index is 5.54. The molecule has 86 valence electrons. The zero-order valence-electron chi connectivity index (χ0n) is 9.51. The van der Waals surface area contributed by atoms with Crippen molar-refractivity contribution in [2.24, 2.45) is 0 Å². The fourth-order valence-electron chi connectivity index (χ4n) is 1.98. The Morgan fingerprint density at radius 3 is 0.857 bits per heavy atom. The molecule has 0 aliphatic heterocycles.